The molecule has 0 aliphatic heterocycles. The lowest BCUT2D eigenvalue weighted by Crippen LogP contribution is -2.24. The molecule has 0 saturated heterocycles. The van der Waals surface area contributed by atoms with Gasteiger partial charge in [-0.25, -0.2) is 4.39 Å². The van der Waals surface area contributed by atoms with Crippen LogP contribution in [0.5, 0.6) is 0 Å². The van der Waals surface area contributed by atoms with Crippen LogP contribution in [0.2, 0.25) is 0 Å². The molecule has 2 aromatic heterocycles. The summed E-state index contributed by atoms with van der Waals surface area (Å²) in [5.74, 6) is -0.186. The van der Waals surface area contributed by atoms with E-state index in [4.69, 9.17) is 0 Å². The molecule has 2 heterocycles. The highest BCUT2D eigenvalue weighted by Gasteiger charge is 2.19. The van der Waals surface area contributed by atoms with Crippen LogP contribution in [0.15, 0.2) is 36.5 Å². The van der Waals surface area contributed by atoms with Crippen molar-refractivity contribution in [3.63, 3.8) is 0 Å². The van der Waals surface area contributed by atoms with Crippen molar-refractivity contribution >= 4 is 21.4 Å². The summed E-state index contributed by atoms with van der Waals surface area (Å²) in [5, 5.41) is 8.91. The second-order valence-electron chi connectivity index (χ2n) is 5.10. The van der Waals surface area contributed by atoms with Gasteiger partial charge in [-0.3, -0.25) is 4.68 Å². The summed E-state index contributed by atoms with van der Waals surface area (Å²) in [6.45, 7) is 3.08. The largest absolute Gasteiger partial charge is 0.304 e. The van der Waals surface area contributed by atoms with Crippen molar-refractivity contribution in [1.82, 2.24) is 15.1 Å². The second kappa shape index (κ2) is 5.95. The Balaban J connectivity index is 2.03. The topological polar surface area (TPSA) is 29.9 Å². The SMILES string of the molecule is CCCNC(c1cc2ccc(F)cc2s1)c1ccnn1C. The molecule has 3 nitrogen and oxygen atoms in total. The first-order chi connectivity index (χ1) is 10.2. The third-order valence-corrected chi connectivity index (χ3v) is 4.70. The average molecular weight is 303 g/mol. The highest BCUT2D eigenvalue weighted by molar-refractivity contribution is 7.19. The van der Waals surface area contributed by atoms with Gasteiger partial charge < -0.3 is 5.32 Å². The molecule has 0 spiro atoms. The van der Waals surface area contributed by atoms with Crippen molar-refractivity contribution in [1.29, 1.82) is 0 Å². The van der Waals surface area contributed by atoms with Crippen LogP contribution in [0.4, 0.5) is 4.39 Å². The summed E-state index contributed by atoms with van der Waals surface area (Å²) in [5.41, 5.74) is 1.12. The predicted molar refractivity (Wildman–Crippen MR) is 85.1 cm³/mol. The smallest absolute Gasteiger partial charge is 0.124 e. The molecule has 0 saturated carbocycles. The number of hydrogen-bond donors (Lipinski definition) is 1. The lowest BCUT2D eigenvalue weighted by atomic mass is 10.1. The number of thiophene rings is 1. The molecule has 3 rings (SSSR count). The highest BCUT2D eigenvalue weighted by atomic mass is 32.1. The van der Waals surface area contributed by atoms with Gasteiger partial charge in [0.25, 0.3) is 0 Å². The lowest BCUT2D eigenvalue weighted by Gasteiger charge is -2.17. The minimum Gasteiger partial charge on any atom is -0.304 e. The number of hydrogen-bond acceptors (Lipinski definition) is 3. The van der Waals surface area contributed by atoms with E-state index in [9.17, 15) is 4.39 Å². The third-order valence-electron chi connectivity index (χ3n) is 3.54. The van der Waals surface area contributed by atoms with E-state index in [1.165, 1.54) is 10.9 Å². The van der Waals surface area contributed by atoms with Crippen LogP contribution in [0.25, 0.3) is 10.1 Å². The zero-order chi connectivity index (χ0) is 14.8. The summed E-state index contributed by atoms with van der Waals surface area (Å²) < 4.78 is 16.2. The highest BCUT2D eigenvalue weighted by Crippen LogP contribution is 2.33. The van der Waals surface area contributed by atoms with Gasteiger partial charge in [0.05, 0.1) is 11.7 Å². The average Bonchev–Trinajstić information content (AvgIpc) is 3.06. The van der Waals surface area contributed by atoms with Crippen molar-refractivity contribution in [2.24, 2.45) is 7.05 Å². The summed E-state index contributed by atoms with van der Waals surface area (Å²) in [7, 11) is 1.95. The molecule has 21 heavy (non-hydrogen) atoms. The fourth-order valence-corrected chi connectivity index (χ4v) is 3.65. The molecule has 1 N–H and O–H groups in total. The summed E-state index contributed by atoms with van der Waals surface area (Å²) in [6, 6.07) is 9.21. The Morgan fingerprint density at radius 3 is 2.90 bits per heavy atom. The van der Waals surface area contributed by atoms with Crippen molar-refractivity contribution in [3.05, 3.63) is 52.9 Å². The number of aromatic nitrogens is 2. The summed E-state index contributed by atoms with van der Waals surface area (Å²) in [4.78, 5) is 1.19. The molecule has 0 amide bonds. The minimum atomic E-state index is -0.186. The maximum atomic E-state index is 13.4. The van der Waals surface area contributed by atoms with Gasteiger partial charge >= 0.3 is 0 Å². The van der Waals surface area contributed by atoms with E-state index >= 15 is 0 Å². The third kappa shape index (κ3) is 2.84. The fourth-order valence-electron chi connectivity index (χ4n) is 2.47. The molecule has 0 radical (unpaired) electrons. The van der Waals surface area contributed by atoms with Crippen LogP contribution in [0, 0.1) is 5.82 Å². The van der Waals surface area contributed by atoms with Crippen LogP contribution >= 0.6 is 11.3 Å². The number of benzene rings is 1. The van der Waals surface area contributed by atoms with Crippen molar-refractivity contribution in [2.75, 3.05) is 6.54 Å². The molecule has 0 fully saturated rings. The first kappa shape index (κ1) is 14.2. The van der Waals surface area contributed by atoms with Gasteiger partial charge in [0.2, 0.25) is 0 Å². The summed E-state index contributed by atoms with van der Waals surface area (Å²) in [6.07, 6.45) is 2.87. The zero-order valence-electron chi connectivity index (χ0n) is 12.1. The van der Waals surface area contributed by atoms with Crippen LogP contribution < -0.4 is 5.32 Å². The molecule has 0 aliphatic carbocycles. The van der Waals surface area contributed by atoms with Gasteiger partial charge in [-0.15, -0.1) is 11.3 Å². The van der Waals surface area contributed by atoms with Gasteiger partial charge in [0, 0.05) is 22.8 Å². The Morgan fingerprint density at radius 2 is 2.19 bits per heavy atom. The van der Waals surface area contributed by atoms with E-state index in [1.807, 2.05) is 30.1 Å². The zero-order valence-corrected chi connectivity index (χ0v) is 13.0. The van der Waals surface area contributed by atoms with E-state index in [0.717, 1.165) is 28.7 Å². The Kier molecular flexibility index (Phi) is 4.03. The fraction of sp³-hybridized carbons (Fsp3) is 0.312. The Morgan fingerprint density at radius 1 is 1.33 bits per heavy atom. The van der Waals surface area contributed by atoms with Crippen LogP contribution in [0.3, 0.4) is 0 Å². The number of nitrogens with zero attached hydrogens (tertiary/aromatic N) is 2. The quantitative estimate of drug-likeness (QED) is 0.775. The van der Waals surface area contributed by atoms with Gasteiger partial charge in [-0.05, 0) is 42.6 Å². The van der Waals surface area contributed by atoms with Crippen LogP contribution in [-0.2, 0) is 7.05 Å². The van der Waals surface area contributed by atoms with Gasteiger partial charge in [-0.2, -0.15) is 5.10 Å². The van der Waals surface area contributed by atoms with Crippen molar-refractivity contribution in [3.8, 4) is 0 Å². The van der Waals surface area contributed by atoms with Gasteiger partial charge in [0.15, 0.2) is 0 Å². The number of halogens is 1. The first-order valence-electron chi connectivity index (χ1n) is 7.09. The molecule has 1 aromatic carbocycles. The molecular formula is C16H18FN3S. The maximum Gasteiger partial charge on any atom is 0.124 e. The van der Waals surface area contributed by atoms with Crippen LogP contribution in [-0.4, -0.2) is 16.3 Å². The molecule has 1 atom stereocenters. The van der Waals surface area contributed by atoms with Crippen LogP contribution in [0.1, 0.15) is 30.0 Å². The number of fused-ring (bicyclic) bond motifs is 1. The van der Waals surface area contributed by atoms with E-state index in [-0.39, 0.29) is 11.9 Å². The molecule has 110 valence electrons. The standard InChI is InChI=1S/C16H18FN3S/c1-3-7-18-16(13-6-8-19-20(13)2)15-9-11-4-5-12(17)10-14(11)21-15/h4-6,8-10,16,18H,3,7H2,1-2H3. The number of aryl methyl sites for hydroxylation is 1. The van der Waals surface area contributed by atoms with E-state index < -0.39 is 0 Å². The molecule has 1 unspecified atom stereocenters. The Bertz CT molecular complexity index is 747. The Labute approximate surface area is 127 Å². The van der Waals surface area contributed by atoms with Crippen molar-refractivity contribution < 1.29 is 4.39 Å². The minimum absolute atomic E-state index is 0.0953. The normalized spacial score (nSPS) is 12.9. The monoisotopic (exact) mass is 303 g/mol. The summed E-state index contributed by atoms with van der Waals surface area (Å²) >= 11 is 1.63. The van der Waals surface area contributed by atoms with Gasteiger partial charge in [0.1, 0.15) is 5.82 Å². The first-order valence-corrected chi connectivity index (χ1v) is 7.91. The lowest BCUT2D eigenvalue weighted by molar-refractivity contribution is 0.560. The second-order valence-corrected chi connectivity index (χ2v) is 6.21. The van der Waals surface area contributed by atoms with E-state index in [1.54, 1.807) is 17.4 Å². The molecular weight excluding hydrogens is 285 g/mol. The van der Waals surface area contributed by atoms with Crippen molar-refractivity contribution in [2.45, 2.75) is 19.4 Å². The Hall–Kier alpha value is -1.72. The van der Waals surface area contributed by atoms with E-state index in [2.05, 4.69) is 23.4 Å². The number of rotatable bonds is 5. The predicted octanol–water partition coefficient (Wildman–Crippen LogP) is 3.86. The molecule has 5 heteroatoms. The maximum absolute atomic E-state index is 13.4. The molecule has 3 aromatic rings. The molecule has 0 aliphatic rings. The van der Waals surface area contributed by atoms with Gasteiger partial charge in [-0.1, -0.05) is 13.0 Å². The number of nitrogens with one attached hydrogen (secondary N) is 1. The van der Waals surface area contributed by atoms with E-state index in [0.29, 0.717) is 0 Å². The molecule has 0 bridgehead atoms.